The first-order valence-electron chi connectivity index (χ1n) is 4.93. The van der Waals surface area contributed by atoms with E-state index in [1.165, 1.54) is 0 Å². The van der Waals surface area contributed by atoms with Crippen LogP contribution < -0.4 is 51.4 Å². The Morgan fingerprint density at radius 3 is 1.58 bits per heavy atom. The molecule has 2 aliphatic rings. The zero-order valence-corrected chi connectivity index (χ0v) is 13.1. The van der Waals surface area contributed by atoms with Crippen LogP contribution in [0.3, 0.4) is 0 Å². The molecule has 0 heterocycles. The Kier molecular flexibility index (Phi) is 3.78. The summed E-state index contributed by atoms with van der Waals surface area (Å²) in [4.78, 5) is 0. The first kappa shape index (κ1) is 15.6. The van der Waals surface area contributed by atoms with Gasteiger partial charge in [-0.1, -0.05) is 0 Å². The Hall–Kier alpha value is -1.42. The van der Waals surface area contributed by atoms with Crippen molar-refractivity contribution >= 4 is 0 Å². The molecule has 19 heavy (non-hydrogen) atoms. The average Bonchev–Trinajstić information content (AvgIpc) is 3.18. The molecule has 0 bridgehead atoms. The number of hydrogen-bond donors (Lipinski definition) is 0. The van der Waals surface area contributed by atoms with Crippen LogP contribution in [0.4, 0.5) is 0 Å². The molecule has 0 aromatic heterocycles. The average molecular weight is 270 g/mol. The summed E-state index contributed by atoms with van der Waals surface area (Å²) in [6.45, 7) is 0. The smallest absolute Gasteiger partial charge is 0.276 e. The van der Waals surface area contributed by atoms with Gasteiger partial charge < -0.3 is 0 Å². The van der Waals surface area contributed by atoms with E-state index in [0.717, 1.165) is 0 Å². The molecule has 2 rings (SSSR count). The van der Waals surface area contributed by atoms with Gasteiger partial charge in [0, 0.05) is 0 Å². The number of rotatable bonds is 0. The van der Waals surface area contributed by atoms with Crippen LogP contribution in [0.2, 0.25) is 0 Å². The SMILES string of the molecule is N#CC1(C#N)[C-]2CC2C(C#N)(C#N)C1(C#N)C#N.[K+]. The van der Waals surface area contributed by atoms with Crippen LogP contribution >= 0.6 is 0 Å². The van der Waals surface area contributed by atoms with Crippen molar-refractivity contribution in [2.45, 2.75) is 6.42 Å². The van der Waals surface area contributed by atoms with E-state index in [1.807, 2.05) is 0 Å². The fraction of sp³-hybridized carbons (Fsp3) is 0.417. The summed E-state index contributed by atoms with van der Waals surface area (Å²) in [6.07, 6.45) is 0.271. The Morgan fingerprint density at radius 2 is 1.26 bits per heavy atom. The number of hydrogen-bond acceptors (Lipinski definition) is 6. The van der Waals surface area contributed by atoms with Gasteiger partial charge in [0.15, 0.2) is 5.41 Å². The standard InChI is InChI=1S/C12H3N6.K/c13-2-10(3-14)8-1-9(8)11(4-15,5-16)12(10,6-17)7-18;/h8H,1H2;/q-1;+1. The van der Waals surface area contributed by atoms with Crippen molar-refractivity contribution in [2.24, 2.45) is 22.2 Å². The van der Waals surface area contributed by atoms with Crippen molar-refractivity contribution in [1.82, 2.24) is 0 Å². The van der Waals surface area contributed by atoms with Gasteiger partial charge in [-0.3, -0.25) is 5.92 Å². The predicted octanol–water partition coefficient (Wildman–Crippen LogP) is -2.30. The van der Waals surface area contributed by atoms with Crippen molar-refractivity contribution < 1.29 is 51.4 Å². The van der Waals surface area contributed by atoms with E-state index >= 15 is 0 Å². The Bertz CT molecular complexity index is 595. The molecule has 0 spiro atoms. The summed E-state index contributed by atoms with van der Waals surface area (Å²) in [5, 5.41) is 55.4. The molecule has 2 fully saturated rings. The molecule has 0 saturated heterocycles. The molecule has 7 heteroatoms. The minimum absolute atomic E-state index is 0. The largest absolute Gasteiger partial charge is 1.00 e. The van der Waals surface area contributed by atoms with Gasteiger partial charge >= 0.3 is 51.4 Å². The van der Waals surface area contributed by atoms with Gasteiger partial charge in [-0.15, -0.1) is 0 Å². The first-order valence-corrected chi connectivity index (χ1v) is 4.93. The van der Waals surface area contributed by atoms with E-state index in [9.17, 15) is 31.6 Å². The monoisotopic (exact) mass is 270 g/mol. The van der Waals surface area contributed by atoms with Crippen LogP contribution in [0.5, 0.6) is 0 Å². The maximum absolute atomic E-state index is 9.26. The fourth-order valence-corrected chi connectivity index (χ4v) is 2.84. The van der Waals surface area contributed by atoms with E-state index in [0.29, 0.717) is 5.92 Å². The molecule has 6 nitrogen and oxygen atoms in total. The van der Waals surface area contributed by atoms with Gasteiger partial charge in [-0.25, -0.2) is 0 Å². The topological polar surface area (TPSA) is 143 Å². The molecule has 1 atom stereocenters. The summed E-state index contributed by atoms with van der Waals surface area (Å²) in [5.41, 5.74) is -6.16. The van der Waals surface area contributed by atoms with Crippen LogP contribution in [0.25, 0.3) is 0 Å². The minimum Gasteiger partial charge on any atom is -0.276 e. The van der Waals surface area contributed by atoms with E-state index in [2.05, 4.69) is 0 Å². The van der Waals surface area contributed by atoms with Gasteiger partial charge in [0.05, 0.1) is 41.8 Å². The van der Waals surface area contributed by atoms with Gasteiger partial charge in [0.1, 0.15) is 5.41 Å². The molecule has 0 aliphatic heterocycles. The second-order valence-corrected chi connectivity index (χ2v) is 4.26. The summed E-state index contributed by atoms with van der Waals surface area (Å²) in [5.74, 6) is -0.273. The molecule has 0 radical (unpaired) electrons. The number of nitriles is 6. The first-order chi connectivity index (χ1) is 8.59. The molecule has 0 amide bonds. The van der Waals surface area contributed by atoms with Crippen molar-refractivity contribution in [1.29, 1.82) is 31.6 Å². The Labute approximate surface area is 152 Å². The summed E-state index contributed by atoms with van der Waals surface area (Å²) < 4.78 is 0. The van der Waals surface area contributed by atoms with Crippen LogP contribution in [-0.2, 0) is 0 Å². The van der Waals surface area contributed by atoms with Gasteiger partial charge in [-0.2, -0.15) is 43.9 Å². The molecule has 1 unspecified atom stereocenters. The van der Waals surface area contributed by atoms with E-state index < -0.39 is 22.2 Å². The summed E-state index contributed by atoms with van der Waals surface area (Å²) in [7, 11) is 0. The Balaban J connectivity index is 0.00000180. The van der Waals surface area contributed by atoms with Crippen LogP contribution in [0.1, 0.15) is 6.42 Å². The van der Waals surface area contributed by atoms with Crippen LogP contribution in [0.15, 0.2) is 0 Å². The maximum atomic E-state index is 9.26. The van der Waals surface area contributed by atoms with Crippen molar-refractivity contribution in [3.63, 3.8) is 0 Å². The molecule has 2 aliphatic carbocycles. The van der Waals surface area contributed by atoms with Crippen LogP contribution in [0, 0.1) is 96.1 Å². The number of fused-ring (bicyclic) bond motifs is 1. The van der Waals surface area contributed by atoms with E-state index in [1.54, 1.807) is 36.4 Å². The second kappa shape index (κ2) is 4.60. The molecule has 82 valence electrons. The Morgan fingerprint density at radius 1 is 0.789 bits per heavy atom. The second-order valence-electron chi connectivity index (χ2n) is 4.26. The molecule has 0 N–H and O–H groups in total. The molecular weight excluding hydrogens is 267 g/mol. The molecule has 0 aromatic carbocycles. The summed E-state index contributed by atoms with van der Waals surface area (Å²) >= 11 is 0. The third-order valence-electron chi connectivity index (χ3n) is 3.87. The third-order valence-corrected chi connectivity index (χ3v) is 3.87. The zero-order chi connectivity index (χ0) is 13.6. The van der Waals surface area contributed by atoms with Crippen molar-refractivity contribution in [3.8, 4) is 36.4 Å². The van der Waals surface area contributed by atoms with Gasteiger partial charge in [0.25, 0.3) is 0 Å². The number of nitrogens with zero attached hydrogens (tertiary/aromatic N) is 6. The van der Waals surface area contributed by atoms with Crippen LogP contribution in [-0.4, -0.2) is 0 Å². The normalized spacial score (nSPS) is 26.5. The van der Waals surface area contributed by atoms with Crippen molar-refractivity contribution in [3.05, 3.63) is 5.92 Å². The third kappa shape index (κ3) is 1.27. The maximum Gasteiger partial charge on any atom is 1.00 e. The summed E-state index contributed by atoms with van der Waals surface area (Å²) in [6, 6.07) is 9.99. The zero-order valence-electron chi connectivity index (χ0n) is 9.97. The quantitative estimate of drug-likeness (QED) is 0.357. The van der Waals surface area contributed by atoms with E-state index in [4.69, 9.17) is 0 Å². The fourth-order valence-electron chi connectivity index (χ4n) is 2.84. The predicted molar refractivity (Wildman–Crippen MR) is 52.3 cm³/mol. The van der Waals surface area contributed by atoms with Crippen molar-refractivity contribution in [2.75, 3.05) is 0 Å². The van der Waals surface area contributed by atoms with E-state index in [-0.39, 0.29) is 57.8 Å². The molecule has 2 saturated carbocycles. The molecule has 0 aromatic rings. The van der Waals surface area contributed by atoms with Gasteiger partial charge in [-0.05, 0) is 0 Å². The minimum atomic E-state index is -2.24. The molecular formula is C12H3KN6. The van der Waals surface area contributed by atoms with Gasteiger partial charge in [0.2, 0.25) is 0 Å².